The molecule has 2 atom stereocenters. The van der Waals surface area contributed by atoms with Crippen LogP contribution in [0, 0.1) is 0 Å². The number of methoxy groups -OCH3 is 1. The molecule has 0 spiro atoms. The highest BCUT2D eigenvalue weighted by molar-refractivity contribution is 5.97. The van der Waals surface area contributed by atoms with Gasteiger partial charge in [0, 0.05) is 25.4 Å². The Morgan fingerprint density at radius 3 is 2.64 bits per heavy atom. The zero-order valence-corrected chi connectivity index (χ0v) is 16.9. The van der Waals surface area contributed by atoms with Crippen LogP contribution in [0.25, 0.3) is 0 Å². The minimum Gasteiger partial charge on any atom is -0.390 e. The van der Waals surface area contributed by atoms with Crippen molar-refractivity contribution in [2.24, 2.45) is 5.73 Å². The molecule has 1 aromatic heterocycles. The summed E-state index contributed by atoms with van der Waals surface area (Å²) in [5, 5.41) is 17.2. The van der Waals surface area contributed by atoms with Gasteiger partial charge in [-0.3, -0.25) is 4.79 Å². The number of rotatable bonds is 6. The first-order valence-electron chi connectivity index (χ1n) is 10.3. The number of nitrogens with one attached hydrogen (secondary N) is 2. The van der Waals surface area contributed by atoms with Gasteiger partial charge in [-0.05, 0) is 51.9 Å². The third-order valence-corrected chi connectivity index (χ3v) is 5.94. The highest BCUT2D eigenvalue weighted by Crippen LogP contribution is 2.29. The SMILES string of the molecule is COC1CCC(Nc2ncc(C(N)=O)c(N[C@@H]3CCCC[C@@](C)(O)C3)n2)CC1. The lowest BCUT2D eigenvalue weighted by Gasteiger charge is -2.29. The van der Waals surface area contributed by atoms with Crippen LogP contribution in [0.3, 0.4) is 0 Å². The summed E-state index contributed by atoms with van der Waals surface area (Å²) in [6.45, 7) is 1.87. The van der Waals surface area contributed by atoms with Crippen molar-refractivity contribution in [2.75, 3.05) is 17.7 Å². The average molecular weight is 392 g/mol. The van der Waals surface area contributed by atoms with Crippen molar-refractivity contribution < 1.29 is 14.6 Å². The fourth-order valence-electron chi connectivity index (χ4n) is 4.32. The molecule has 2 aliphatic carbocycles. The van der Waals surface area contributed by atoms with Gasteiger partial charge in [0.2, 0.25) is 5.95 Å². The van der Waals surface area contributed by atoms with Gasteiger partial charge >= 0.3 is 0 Å². The fourth-order valence-corrected chi connectivity index (χ4v) is 4.32. The number of hydrogen-bond donors (Lipinski definition) is 4. The van der Waals surface area contributed by atoms with Crippen molar-refractivity contribution in [3.63, 3.8) is 0 Å². The molecule has 8 heteroatoms. The quantitative estimate of drug-likeness (QED) is 0.549. The second-order valence-corrected chi connectivity index (χ2v) is 8.46. The predicted octanol–water partition coefficient (Wildman–Crippen LogP) is 2.44. The Bertz CT molecular complexity index is 674. The van der Waals surface area contributed by atoms with Gasteiger partial charge in [-0.1, -0.05) is 12.8 Å². The Morgan fingerprint density at radius 2 is 1.96 bits per heavy atom. The van der Waals surface area contributed by atoms with E-state index in [9.17, 15) is 9.90 Å². The van der Waals surface area contributed by atoms with Crippen molar-refractivity contribution in [1.29, 1.82) is 0 Å². The largest absolute Gasteiger partial charge is 0.390 e. The third-order valence-electron chi connectivity index (χ3n) is 5.94. The molecular formula is C20H33N5O3. The Morgan fingerprint density at radius 1 is 1.21 bits per heavy atom. The first kappa shape index (κ1) is 20.8. The standard InChI is InChI=1S/C20H33N5O3/c1-20(27)10-4-3-5-14(11-20)23-18-16(17(21)26)12-22-19(25-18)24-13-6-8-15(28-2)9-7-13/h12-15,27H,3-11H2,1-2H3,(H2,21,26)(H2,22,23,24,25)/t13?,14-,15?,20-/m1/s1. The van der Waals surface area contributed by atoms with Gasteiger partial charge in [0.1, 0.15) is 5.82 Å². The van der Waals surface area contributed by atoms with Crippen LogP contribution in [-0.4, -0.2) is 51.9 Å². The molecule has 2 fully saturated rings. The zero-order chi connectivity index (χ0) is 20.1. The van der Waals surface area contributed by atoms with Crippen LogP contribution in [0.2, 0.25) is 0 Å². The van der Waals surface area contributed by atoms with Crippen LogP contribution >= 0.6 is 0 Å². The summed E-state index contributed by atoms with van der Waals surface area (Å²) >= 11 is 0. The van der Waals surface area contributed by atoms with E-state index < -0.39 is 11.5 Å². The van der Waals surface area contributed by atoms with Crippen LogP contribution in [0.5, 0.6) is 0 Å². The monoisotopic (exact) mass is 391 g/mol. The summed E-state index contributed by atoms with van der Waals surface area (Å²) in [5.74, 6) is 0.377. The Kier molecular flexibility index (Phi) is 6.72. The van der Waals surface area contributed by atoms with Crippen molar-refractivity contribution in [3.05, 3.63) is 11.8 Å². The number of aromatic nitrogens is 2. The van der Waals surface area contributed by atoms with Crippen LogP contribution in [-0.2, 0) is 4.74 Å². The summed E-state index contributed by atoms with van der Waals surface area (Å²) < 4.78 is 5.42. The number of primary amides is 1. The van der Waals surface area contributed by atoms with Gasteiger partial charge in [-0.2, -0.15) is 4.98 Å². The lowest BCUT2D eigenvalue weighted by Crippen LogP contribution is -2.33. The van der Waals surface area contributed by atoms with E-state index >= 15 is 0 Å². The van der Waals surface area contributed by atoms with E-state index in [-0.39, 0.29) is 17.6 Å². The van der Waals surface area contributed by atoms with Crippen LogP contribution in [0.15, 0.2) is 6.20 Å². The van der Waals surface area contributed by atoms with Gasteiger partial charge in [-0.25, -0.2) is 4.98 Å². The number of amides is 1. The Labute approximate surface area is 166 Å². The molecule has 1 heterocycles. The summed E-state index contributed by atoms with van der Waals surface area (Å²) in [6.07, 6.45) is 10.2. The molecular weight excluding hydrogens is 358 g/mol. The van der Waals surface area contributed by atoms with E-state index in [0.717, 1.165) is 51.4 Å². The van der Waals surface area contributed by atoms with E-state index in [2.05, 4.69) is 20.6 Å². The number of anilines is 2. The molecule has 0 radical (unpaired) electrons. The Balaban J connectivity index is 1.71. The number of nitrogens with two attached hydrogens (primary N) is 1. The molecule has 0 unspecified atom stereocenters. The molecule has 5 N–H and O–H groups in total. The summed E-state index contributed by atoms with van der Waals surface area (Å²) in [5.41, 5.74) is 5.09. The lowest BCUT2D eigenvalue weighted by molar-refractivity contribution is 0.0420. The van der Waals surface area contributed by atoms with Crippen molar-refractivity contribution >= 4 is 17.7 Å². The summed E-state index contributed by atoms with van der Waals surface area (Å²) in [7, 11) is 1.76. The summed E-state index contributed by atoms with van der Waals surface area (Å²) in [6, 6.07) is 0.327. The molecule has 2 aliphatic rings. The molecule has 1 aromatic rings. The van der Waals surface area contributed by atoms with Gasteiger partial charge < -0.3 is 26.2 Å². The molecule has 0 aromatic carbocycles. The van der Waals surface area contributed by atoms with Crippen LogP contribution < -0.4 is 16.4 Å². The number of ether oxygens (including phenoxy) is 1. The lowest BCUT2D eigenvalue weighted by atomic mass is 9.93. The molecule has 0 saturated heterocycles. The Hall–Kier alpha value is -1.93. The second kappa shape index (κ2) is 9.05. The maximum Gasteiger partial charge on any atom is 0.254 e. The van der Waals surface area contributed by atoms with E-state index in [4.69, 9.17) is 10.5 Å². The number of hydrogen-bond acceptors (Lipinski definition) is 7. The topological polar surface area (TPSA) is 122 Å². The van der Waals surface area contributed by atoms with Crippen LogP contribution in [0.4, 0.5) is 11.8 Å². The minimum atomic E-state index is -0.713. The molecule has 28 heavy (non-hydrogen) atoms. The molecule has 0 aliphatic heterocycles. The normalized spacial score (nSPS) is 31.0. The molecule has 0 bridgehead atoms. The maximum atomic E-state index is 11.8. The van der Waals surface area contributed by atoms with Gasteiger partial charge in [-0.15, -0.1) is 0 Å². The molecule has 2 saturated carbocycles. The van der Waals surface area contributed by atoms with Crippen molar-refractivity contribution in [2.45, 2.75) is 88.5 Å². The zero-order valence-electron chi connectivity index (χ0n) is 16.9. The first-order valence-corrected chi connectivity index (χ1v) is 10.3. The van der Waals surface area contributed by atoms with E-state index in [0.29, 0.717) is 24.3 Å². The first-order chi connectivity index (χ1) is 13.4. The fraction of sp³-hybridized carbons (Fsp3) is 0.750. The second-order valence-electron chi connectivity index (χ2n) is 8.46. The van der Waals surface area contributed by atoms with Gasteiger partial charge in [0.05, 0.1) is 17.3 Å². The minimum absolute atomic E-state index is 0.0375. The number of nitrogens with zero attached hydrogens (tertiary/aromatic N) is 2. The van der Waals surface area contributed by atoms with E-state index in [1.807, 2.05) is 6.92 Å². The maximum absolute atomic E-state index is 11.8. The number of carbonyl (C=O) groups excluding carboxylic acids is 1. The number of aliphatic hydroxyl groups is 1. The van der Waals surface area contributed by atoms with Crippen molar-refractivity contribution in [1.82, 2.24) is 9.97 Å². The van der Waals surface area contributed by atoms with E-state index in [1.165, 1.54) is 6.20 Å². The van der Waals surface area contributed by atoms with Crippen LogP contribution in [0.1, 0.15) is 75.1 Å². The molecule has 1 amide bonds. The van der Waals surface area contributed by atoms with Gasteiger partial charge in [0.25, 0.3) is 5.91 Å². The molecule has 8 nitrogen and oxygen atoms in total. The molecule has 156 valence electrons. The number of carbonyl (C=O) groups is 1. The predicted molar refractivity (Wildman–Crippen MR) is 108 cm³/mol. The average Bonchev–Trinajstić information content (AvgIpc) is 2.82. The molecule has 3 rings (SSSR count). The van der Waals surface area contributed by atoms with E-state index in [1.54, 1.807) is 7.11 Å². The highest BCUT2D eigenvalue weighted by atomic mass is 16.5. The smallest absolute Gasteiger partial charge is 0.254 e. The third kappa shape index (κ3) is 5.54. The van der Waals surface area contributed by atoms with Gasteiger partial charge in [0.15, 0.2) is 0 Å². The van der Waals surface area contributed by atoms with Crippen molar-refractivity contribution in [3.8, 4) is 0 Å². The summed E-state index contributed by atoms with van der Waals surface area (Å²) in [4.78, 5) is 20.7. The highest BCUT2D eigenvalue weighted by Gasteiger charge is 2.29.